The lowest BCUT2D eigenvalue weighted by Crippen LogP contribution is -2.64. The molecule has 1 saturated heterocycles. The summed E-state index contributed by atoms with van der Waals surface area (Å²) in [6, 6.07) is 22.8. The topological polar surface area (TPSA) is 113 Å². The molecule has 3 aromatic rings. The van der Waals surface area contributed by atoms with Crippen molar-refractivity contribution in [3.05, 3.63) is 102 Å². The van der Waals surface area contributed by atoms with Crippen molar-refractivity contribution in [1.29, 1.82) is 0 Å². The van der Waals surface area contributed by atoms with Gasteiger partial charge in [-0.15, -0.1) is 0 Å². The molecular weight excluding hydrogens is 482 g/mol. The van der Waals surface area contributed by atoms with E-state index in [4.69, 9.17) is 9.47 Å². The predicted molar refractivity (Wildman–Crippen MR) is 130 cm³/mol. The van der Waals surface area contributed by atoms with Gasteiger partial charge < -0.3 is 19.7 Å². The maximum Gasteiger partial charge on any atom is 0.338 e. The summed E-state index contributed by atoms with van der Waals surface area (Å²) in [7, 11) is 0. The average Bonchev–Trinajstić information content (AvgIpc) is 3.16. The third kappa shape index (κ3) is 4.54. The Morgan fingerprint density at radius 3 is 2.00 bits per heavy atom. The summed E-state index contributed by atoms with van der Waals surface area (Å²) in [4.78, 5) is 40.5. The van der Waals surface area contributed by atoms with Crippen LogP contribution < -0.4 is 0 Å². The van der Waals surface area contributed by atoms with Crippen LogP contribution in [0.25, 0.3) is 0 Å². The molecule has 9 heteroatoms. The number of rotatable bonds is 6. The zero-order valence-corrected chi connectivity index (χ0v) is 19.8. The number of aliphatic hydroxyl groups is 2. The van der Waals surface area contributed by atoms with Crippen LogP contribution in [0.1, 0.15) is 31.1 Å². The number of carbonyl (C=O) groups is 3. The molecule has 0 unspecified atom stereocenters. The van der Waals surface area contributed by atoms with Crippen molar-refractivity contribution >= 4 is 29.5 Å². The average molecular weight is 506 g/mol. The van der Waals surface area contributed by atoms with E-state index in [0.29, 0.717) is 5.56 Å². The molecule has 0 saturated carbocycles. The number of esters is 1. The van der Waals surface area contributed by atoms with Gasteiger partial charge in [-0.2, -0.15) is 0 Å². The molecule has 0 radical (unpaired) electrons. The molecule has 0 spiro atoms. The van der Waals surface area contributed by atoms with Crippen LogP contribution in [0.4, 0.5) is 0 Å². The van der Waals surface area contributed by atoms with Crippen LogP contribution in [0.15, 0.2) is 89.8 Å². The quantitative estimate of drug-likeness (QED) is 0.389. The lowest BCUT2D eigenvalue weighted by molar-refractivity contribution is -0.181. The van der Waals surface area contributed by atoms with E-state index in [1.54, 1.807) is 54.6 Å². The van der Waals surface area contributed by atoms with Gasteiger partial charge in [0.1, 0.15) is 36.4 Å². The number of amides is 2. The molecule has 1 fully saturated rings. The zero-order valence-electron chi connectivity index (χ0n) is 19.0. The van der Waals surface area contributed by atoms with Crippen LogP contribution >= 0.6 is 11.8 Å². The molecule has 2 aliphatic heterocycles. The summed E-state index contributed by atoms with van der Waals surface area (Å²) in [6.45, 7) is -0.327. The third-order valence-corrected chi connectivity index (χ3v) is 7.34. The number of benzene rings is 3. The molecule has 5 atom stereocenters. The molecule has 2 aliphatic rings. The van der Waals surface area contributed by atoms with Crippen molar-refractivity contribution in [2.75, 3.05) is 6.61 Å². The number of imide groups is 1. The number of carbonyl (C=O) groups excluding carboxylic acids is 3. The Balaban J connectivity index is 1.41. The van der Waals surface area contributed by atoms with E-state index in [1.165, 1.54) is 11.8 Å². The molecule has 3 aromatic carbocycles. The molecule has 0 aliphatic carbocycles. The normalized spacial score (nSPS) is 25.5. The van der Waals surface area contributed by atoms with Crippen LogP contribution in [-0.2, 0) is 9.47 Å². The highest BCUT2D eigenvalue weighted by Gasteiger charge is 2.53. The Morgan fingerprint density at radius 1 is 0.833 bits per heavy atom. The molecule has 5 rings (SSSR count). The summed E-state index contributed by atoms with van der Waals surface area (Å²) in [5, 5.41) is 22.1. The second-order valence-electron chi connectivity index (χ2n) is 8.44. The Labute approximate surface area is 211 Å². The number of hydrogen-bond acceptors (Lipinski definition) is 8. The predicted octanol–water partition coefficient (Wildman–Crippen LogP) is 2.75. The third-order valence-electron chi connectivity index (χ3n) is 6.18. The van der Waals surface area contributed by atoms with Gasteiger partial charge in [0.15, 0.2) is 0 Å². The minimum atomic E-state index is -1.54. The first-order chi connectivity index (χ1) is 17.5. The van der Waals surface area contributed by atoms with Gasteiger partial charge in [-0.1, -0.05) is 60.3 Å². The Kier molecular flexibility index (Phi) is 6.88. The summed E-state index contributed by atoms with van der Waals surface area (Å²) in [6.07, 6.45) is -4.14. The number of hydrogen-bond donors (Lipinski definition) is 2. The van der Waals surface area contributed by atoms with E-state index in [1.807, 2.05) is 30.3 Å². The van der Waals surface area contributed by atoms with Crippen LogP contribution in [0.2, 0.25) is 0 Å². The fourth-order valence-corrected chi connectivity index (χ4v) is 5.56. The second kappa shape index (κ2) is 10.2. The van der Waals surface area contributed by atoms with Crippen molar-refractivity contribution < 1.29 is 34.1 Å². The Hall–Kier alpha value is -3.50. The van der Waals surface area contributed by atoms with E-state index in [0.717, 1.165) is 9.80 Å². The summed E-state index contributed by atoms with van der Waals surface area (Å²) >= 11 is 1.20. The summed E-state index contributed by atoms with van der Waals surface area (Å²) in [5.74, 6) is -1.73. The highest BCUT2D eigenvalue weighted by molar-refractivity contribution is 7.99. The smallest absolute Gasteiger partial charge is 0.338 e. The van der Waals surface area contributed by atoms with Crippen molar-refractivity contribution in [2.45, 2.75) is 34.7 Å². The summed E-state index contributed by atoms with van der Waals surface area (Å²) in [5.41, 5.74) is -0.144. The first-order valence-corrected chi connectivity index (χ1v) is 12.3. The standard InChI is InChI=1S/C27H23NO7S/c29-22-20(15-34-26(33)16-9-3-1-4-10-16)35-27(36-17-11-5-2-6-12-17)21(23(22)30)28-24(31)18-13-7-8-14-19(18)25(28)32/h1-14,20-23,27,29-30H,15H2/t20-,21-,22-,23-,27+/m1/s1. The molecule has 0 bridgehead atoms. The maximum atomic E-state index is 13.2. The van der Waals surface area contributed by atoms with Gasteiger partial charge in [0, 0.05) is 4.90 Å². The van der Waals surface area contributed by atoms with E-state index in [-0.39, 0.29) is 17.7 Å². The molecular formula is C27H23NO7S. The minimum absolute atomic E-state index is 0.228. The Morgan fingerprint density at radius 2 is 1.39 bits per heavy atom. The van der Waals surface area contributed by atoms with Crippen molar-refractivity contribution in [3.63, 3.8) is 0 Å². The monoisotopic (exact) mass is 505 g/mol. The molecule has 36 heavy (non-hydrogen) atoms. The van der Waals surface area contributed by atoms with E-state index in [2.05, 4.69) is 0 Å². The number of fused-ring (bicyclic) bond motifs is 1. The molecule has 8 nitrogen and oxygen atoms in total. The molecule has 2 heterocycles. The highest BCUT2D eigenvalue weighted by atomic mass is 32.2. The molecule has 0 aromatic heterocycles. The minimum Gasteiger partial charge on any atom is -0.459 e. The summed E-state index contributed by atoms with van der Waals surface area (Å²) < 4.78 is 11.5. The van der Waals surface area contributed by atoms with Gasteiger partial charge in [-0.05, 0) is 36.4 Å². The van der Waals surface area contributed by atoms with Gasteiger partial charge in [-0.25, -0.2) is 4.79 Å². The van der Waals surface area contributed by atoms with Gasteiger partial charge in [0.25, 0.3) is 11.8 Å². The van der Waals surface area contributed by atoms with Gasteiger partial charge >= 0.3 is 5.97 Å². The fourth-order valence-electron chi connectivity index (χ4n) is 4.35. The number of thioether (sulfide) groups is 1. The first kappa shape index (κ1) is 24.2. The molecule has 184 valence electrons. The largest absolute Gasteiger partial charge is 0.459 e. The number of aliphatic hydroxyl groups excluding tert-OH is 2. The lowest BCUT2D eigenvalue weighted by Gasteiger charge is -2.45. The van der Waals surface area contributed by atoms with E-state index in [9.17, 15) is 24.6 Å². The Bertz CT molecular complexity index is 1230. The fraction of sp³-hybridized carbons (Fsp3) is 0.222. The van der Waals surface area contributed by atoms with Crippen LogP contribution in [-0.4, -0.2) is 69.3 Å². The number of nitrogens with zero attached hydrogens (tertiary/aromatic N) is 1. The van der Waals surface area contributed by atoms with Crippen LogP contribution in [0.5, 0.6) is 0 Å². The van der Waals surface area contributed by atoms with Gasteiger partial charge in [-0.3, -0.25) is 14.5 Å². The van der Waals surface area contributed by atoms with Crippen LogP contribution in [0.3, 0.4) is 0 Å². The first-order valence-electron chi connectivity index (χ1n) is 11.4. The van der Waals surface area contributed by atoms with Crippen molar-refractivity contribution in [1.82, 2.24) is 4.90 Å². The lowest BCUT2D eigenvalue weighted by atomic mass is 9.96. The van der Waals surface area contributed by atoms with E-state index >= 15 is 0 Å². The molecule has 2 N–H and O–H groups in total. The second-order valence-corrected chi connectivity index (χ2v) is 9.61. The highest BCUT2D eigenvalue weighted by Crippen LogP contribution is 2.39. The van der Waals surface area contributed by atoms with Gasteiger partial charge in [0.05, 0.1) is 16.7 Å². The maximum absolute atomic E-state index is 13.2. The zero-order chi connectivity index (χ0) is 25.2. The number of ether oxygens (including phenoxy) is 2. The van der Waals surface area contributed by atoms with Crippen molar-refractivity contribution in [2.24, 2.45) is 0 Å². The van der Waals surface area contributed by atoms with E-state index < -0.39 is 47.6 Å². The van der Waals surface area contributed by atoms with Crippen molar-refractivity contribution in [3.8, 4) is 0 Å². The van der Waals surface area contributed by atoms with Gasteiger partial charge in [0.2, 0.25) is 0 Å². The van der Waals surface area contributed by atoms with Crippen LogP contribution in [0, 0.1) is 0 Å². The SMILES string of the molecule is O=C(OC[C@H]1O[C@@H](Sc2ccccc2)[C@H](N2C(=O)c3ccccc3C2=O)[C@@H](O)[C@@H]1O)c1ccccc1. The molecule has 2 amide bonds.